The van der Waals surface area contributed by atoms with Gasteiger partial charge in [0.25, 0.3) is 0 Å². The zero-order chi connectivity index (χ0) is 20.3. The lowest BCUT2D eigenvalue weighted by Gasteiger charge is -2.36. The van der Waals surface area contributed by atoms with E-state index in [1.54, 1.807) is 13.2 Å². The van der Waals surface area contributed by atoms with Gasteiger partial charge in [-0.1, -0.05) is 17.7 Å². The Hall–Kier alpha value is -2.16. The molecule has 7 nitrogen and oxygen atoms in total. The number of methoxy groups -OCH3 is 1. The predicted molar refractivity (Wildman–Crippen MR) is 107 cm³/mol. The highest BCUT2D eigenvalue weighted by molar-refractivity contribution is 7.89. The quantitative estimate of drug-likeness (QED) is 0.688. The van der Waals surface area contributed by atoms with E-state index in [-0.39, 0.29) is 21.5 Å². The molecule has 1 aliphatic rings. The minimum absolute atomic E-state index is 0.0745. The summed E-state index contributed by atoms with van der Waals surface area (Å²) >= 11 is 6.14. The zero-order valence-electron chi connectivity index (χ0n) is 15.7. The Bertz CT molecular complexity index is 945. The lowest BCUT2D eigenvalue weighted by atomic mass is 10.1. The van der Waals surface area contributed by atoms with E-state index in [4.69, 9.17) is 11.6 Å². The highest BCUT2D eigenvalue weighted by Crippen LogP contribution is 2.29. The van der Waals surface area contributed by atoms with E-state index in [2.05, 4.69) is 14.6 Å². The third kappa shape index (κ3) is 4.14. The minimum atomic E-state index is -3.86. The van der Waals surface area contributed by atoms with Crippen LogP contribution in [-0.2, 0) is 14.8 Å². The van der Waals surface area contributed by atoms with Crippen LogP contribution in [-0.4, -0.2) is 57.0 Å². The maximum Gasteiger partial charge on any atom is 0.337 e. The predicted octanol–water partition coefficient (Wildman–Crippen LogP) is 2.81. The van der Waals surface area contributed by atoms with Gasteiger partial charge in [0.05, 0.1) is 17.7 Å². The molecule has 2 heterocycles. The van der Waals surface area contributed by atoms with Crippen molar-refractivity contribution in [2.45, 2.75) is 23.8 Å². The summed E-state index contributed by atoms with van der Waals surface area (Å²) in [6, 6.07) is 9.69. The Labute approximate surface area is 169 Å². The van der Waals surface area contributed by atoms with E-state index < -0.39 is 16.0 Å². The van der Waals surface area contributed by atoms with Gasteiger partial charge >= 0.3 is 5.97 Å². The Kier molecular flexibility index (Phi) is 6.22. The topological polar surface area (TPSA) is 79.8 Å². The first-order valence-corrected chi connectivity index (χ1v) is 10.7. The molecule has 0 N–H and O–H groups in total. The lowest BCUT2D eigenvalue weighted by Crippen LogP contribution is -2.45. The fourth-order valence-electron chi connectivity index (χ4n) is 3.30. The second-order valence-corrected chi connectivity index (χ2v) is 8.94. The van der Waals surface area contributed by atoms with Gasteiger partial charge in [0.15, 0.2) is 0 Å². The lowest BCUT2D eigenvalue weighted by molar-refractivity contribution is 0.0600. The van der Waals surface area contributed by atoms with Crippen molar-refractivity contribution in [3.8, 4) is 0 Å². The summed E-state index contributed by atoms with van der Waals surface area (Å²) in [5.41, 5.74) is 0.142. The second kappa shape index (κ2) is 8.46. The van der Waals surface area contributed by atoms with E-state index in [1.807, 2.05) is 18.2 Å². The molecule has 0 unspecified atom stereocenters. The van der Waals surface area contributed by atoms with Gasteiger partial charge in [-0.15, -0.1) is 0 Å². The monoisotopic (exact) mass is 423 g/mol. The fourth-order valence-corrected chi connectivity index (χ4v) is 5.21. The maximum absolute atomic E-state index is 13.1. The van der Waals surface area contributed by atoms with Gasteiger partial charge in [-0.2, -0.15) is 4.31 Å². The number of hydrogen-bond donors (Lipinski definition) is 0. The SMILES string of the molecule is COC(=O)c1ccc(Cl)c(S(=O)(=O)N(C)C2CCN(c3ccccn3)CC2)c1. The summed E-state index contributed by atoms with van der Waals surface area (Å²) < 4.78 is 32.3. The number of benzene rings is 1. The molecular formula is C19H22ClN3O4S. The van der Waals surface area contributed by atoms with E-state index in [0.717, 1.165) is 5.82 Å². The molecule has 28 heavy (non-hydrogen) atoms. The average molecular weight is 424 g/mol. The normalized spacial score (nSPS) is 15.6. The molecule has 0 amide bonds. The van der Waals surface area contributed by atoms with Crippen LogP contribution < -0.4 is 4.90 Å². The van der Waals surface area contributed by atoms with Gasteiger partial charge in [0, 0.05) is 32.4 Å². The van der Waals surface area contributed by atoms with Crippen LogP contribution in [0.4, 0.5) is 5.82 Å². The Morgan fingerprint density at radius 2 is 1.96 bits per heavy atom. The molecule has 9 heteroatoms. The van der Waals surface area contributed by atoms with Crippen molar-refractivity contribution in [3.63, 3.8) is 0 Å². The number of pyridine rings is 1. The molecule has 1 aromatic carbocycles. The van der Waals surface area contributed by atoms with Gasteiger partial charge in [0.2, 0.25) is 10.0 Å². The number of ether oxygens (including phenoxy) is 1. The van der Waals surface area contributed by atoms with Crippen molar-refractivity contribution in [2.24, 2.45) is 0 Å². The number of sulfonamides is 1. The molecule has 1 saturated heterocycles. The first kappa shape index (κ1) is 20.6. The summed E-state index contributed by atoms with van der Waals surface area (Å²) in [7, 11) is -1.06. The second-order valence-electron chi connectivity index (χ2n) is 6.56. The van der Waals surface area contributed by atoms with Crippen LogP contribution in [0, 0.1) is 0 Å². The summed E-state index contributed by atoms with van der Waals surface area (Å²) in [4.78, 5) is 18.2. The van der Waals surface area contributed by atoms with Crippen LogP contribution >= 0.6 is 11.6 Å². The number of aromatic nitrogens is 1. The fraction of sp³-hybridized carbons (Fsp3) is 0.368. The molecular weight excluding hydrogens is 402 g/mol. The highest BCUT2D eigenvalue weighted by atomic mass is 35.5. The van der Waals surface area contributed by atoms with Crippen LogP contribution in [0.5, 0.6) is 0 Å². The van der Waals surface area contributed by atoms with Crippen molar-refractivity contribution in [1.29, 1.82) is 0 Å². The molecule has 0 aliphatic carbocycles. The smallest absolute Gasteiger partial charge is 0.337 e. The standard InChI is InChI=1S/C19H22ClN3O4S/c1-22(15-8-11-23(12-9-15)18-5-3-4-10-21-18)28(25,26)17-13-14(19(24)27-2)6-7-16(17)20/h3-7,10,13,15H,8-9,11-12H2,1-2H3. The van der Waals surface area contributed by atoms with Gasteiger partial charge in [-0.3, -0.25) is 0 Å². The first-order chi connectivity index (χ1) is 13.3. The largest absolute Gasteiger partial charge is 0.465 e. The number of piperidine rings is 1. The number of carbonyl (C=O) groups is 1. The van der Waals surface area contributed by atoms with Gasteiger partial charge in [-0.25, -0.2) is 18.2 Å². The molecule has 3 rings (SSSR count). The van der Waals surface area contributed by atoms with E-state index in [1.165, 1.54) is 29.6 Å². The maximum atomic E-state index is 13.1. The number of esters is 1. The molecule has 1 aliphatic heterocycles. The third-order valence-corrected chi connectivity index (χ3v) is 7.35. The number of carbonyl (C=O) groups excluding carboxylic acids is 1. The summed E-state index contributed by atoms with van der Waals surface area (Å²) in [5, 5.41) is 0.0745. The summed E-state index contributed by atoms with van der Waals surface area (Å²) in [5.74, 6) is 0.278. The van der Waals surface area contributed by atoms with Crippen LogP contribution in [0.2, 0.25) is 5.02 Å². The molecule has 150 valence electrons. The Morgan fingerprint density at radius 3 is 2.57 bits per heavy atom. The molecule has 1 fully saturated rings. The number of nitrogens with zero attached hydrogens (tertiary/aromatic N) is 3. The highest BCUT2D eigenvalue weighted by Gasteiger charge is 2.33. The molecule has 0 atom stereocenters. The molecule has 1 aromatic heterocycles. The molecule has 0 radical (unpaired) electrons. The van der Waals surface area contributed by atoms with E-state index >= 15 is 0 Å². The number of anilines is 1. The van der Waals surface area contributed by atoms with Crippen molar-refractivity contribution in [1.82, 2.24) is 9.29 Å². The Balaban J connectivity index is 1.77. The summed E-state index contributed by atoms with van der Waals surface area (Å²) in [6.45, 7) is 1.41. The van der Waals surface area contributed by atoms with Gasteiger partial charge in [0.1, 0.15) is 10.7 Å². The van der Waals surface area contributed by atoms with Crippen LogP contribution in [0.1, 0.15) is 23.2 Å². The van der Waals surface area contributed by atoms with E-state index in [9.17, 15) is 13.2 Å². The molecule has 0 bridgehead atoms. The molecule has 0 spiro atoms. The minimum Gasteiger partial charge on any atom is -0.465 e. The van der Waals surface area contributed by atoms with Gasteiger partial charge in [-0.05, 0) is 43.2 Å². The Morgan fingerprint density at radius 1 is 1.25 bits per heavy atom. The first-order valence-electron chi connectivity index (χ1n) is 8.86. The number of halogens is 1. The zero-order valence-corrected chi connectivity index (χ0v) is 17.3. The van der Waals surface area contributed by atoms with Crippen molar-refractivity contribution < 1.29 is 17.9 Å². The number of hydrogen-bond acceptors (Lipinski definition) is 6. The molecule has 2 aromatic rings. The summed E-state index contributed by atoms with van der Waals surface area (Å²) in [6.07, 6.45) is 3.08. The van der Waals surface area contributed by atoms with Crippen molar-refractivity contribution >= 4 is 33.4 Å². The van der Waals surface area contributed by atoms with Gasteiger partial charge < -0.3 is 9.64 Å². The molecule has 0 saturated carbocycles. The van der Waals surface area contributed by atoms with E-state index in [0.29, 0.717) is 25.9 Å². The number of rotatable bonds is 5. The average Bonchev–Trinajstić information content (AvgIpc) is 2.73. The van der Waals surface area contributed by atoms with Crippen molar-refractivity contribution in [3.05, 3.63) is 53.2 Å². The van der Waals surface area contributed by atoms with Crippen LogP contribution in [0.25, 0.3) is 0 Å². The third-order valence-electron chi connectivity index (χ3n) is 4.96. The van der Waals surface area contributed by atoms with Crippen LogP contribution in [0.15, 0.2) is 47.5 Å². The van der Waals surface area contributed by atoms with Crippen molar-refractivity contribution in [2.75, 3.05) is 32.1 Å². The van der Waals surface area contributed by atoms with Crippen LogP contribution in [0.3, 0.4) is 0 Å².